The number of hydrazone groups is 1. The average Bonchev–Trinajstić information content (AvgIpc) is 2.48. The van der Waals surface area contributed by atoms with Crippen LogP contribution in [0.3, 0.4) is 0 Å². The second kappa shape index (κ2) is 7.04. The van der Waals surface area contributed by atoms with E-state index >= 15 is 0 Å². The Balaban J connectivity index is 1.82. The van der Waals surface area contributed by atoms with Gasteiger partial charge in [-0.25, -0.2) is 5.43 Å². The minimum Gasteiger partial charge on any atom is -0.378 e. The normalized spacial score (nSPS) is 18.4. The fraction of sp³-hybridized carbons (Fsp3) is 0.467. The van der Waals surface area contributed by atoms with E-state index < -0.39 is 12.0 Å². The highest BCUT2D eigenvalue weighted by Gasteiger charge is 2.16. The Morgan fingerprint density at radius 3 is 2.63 bits per heavy atom. The molecule has 2 rings (SSSR count). The minimum absolute atomic E-state index is 0.461. The Morgan fingerprint density at radius 1 is 1.26 bits per heavy atom. The maximum absolute atomic E-state index is 11.7. The molecule has 102 valence electrons. The lowest BCUT2D eigenvalue weighted by Gasteiger charge is -2.17. The quantitative estimate of drug-likeness (QED) is 0.645. The zero-order chi connectivity index (χ0) is 13.5. The highest BCUT2D eigenvalue weighted by atomic mass is 16.3. The van der Waals surface area contributed by atoms with E-state index in [4.69, 9.17) is 0 Å². The van der Waals surface area contributed by atoms with Gasteiger partial charge in [-0.2, -0.15) is 5.10 Å². The average molecular weight is 260 g/mol. The van der Waals surface area contributed by atoms with Crippen LogP contribution >= 0.6 is 0 Å². The molecular formula is C15H20N2O2. The van der Waals surface area contributed by atoms with Crippen LogP contribution in [0.1, 0.15) is 43.8 Å². The lowest BCUT2D eigenvalue weighted by Crippen LogP contribution is -2.25. The van der Waals surface area contributed by atoms with Crippen LogP contribution in [0.5, 0.6) is 0 Å². The molecule has 0 bridgehead atoms. The van der Waals surface area contributed by atoms with Gasteiger partial charge in [0.05, 0.1) is 0 Å². The van der Waals surface area contributed by atoms with Crippen molar-refractivity contribution in [3.63, 3.8) is 0 Å². The molecule has 1 saturated carbocycles. The van der Waals surface area contributed by atoms with Crippen molar-refractivity contribution >= 4 is 12.1 Å². The van der Waals surface area contributed by atoms with Gasteiger partial charge in [0.1, 0.15) is 0 Å². The van der Waals surface area contributed by atoms with E-state index in [-0.39, 0.29) is 0 Å². The van der Waals surface area contributed by atoms with Crippen LogP contribution in [-0.4, -0.2) is 17.2 Å². The largest absolute Gasteiger partial charge is 0.378 e. The molecule has 1 aromatic rings. The number of hydrogen-bond donors (Lipinski definition) is 2. The molecule has 0 spiro atoms. The molecule has 4 nitrogen and oxygen atoms in total. The third-order valence-corrected chi connectivity index (χ3v) is 3.47. The number of aliphatic hydroxyl groups excluding tert-OH is 1. The van der Waals surface area contributed by atoms with Gasteiger partial charge in [0.25, 0.3) is 5.91 Å². The van der Waals surface area contributed by atoms with Gasteiger partial charge in [-0.1, -0.05) is 49.6 Å². The number of rotatable bonds is 4. The van der Waals surface area contributed by atoms with Gasteiger partial charge in [0.15, 0.2) is 6.10 Å². The first kappa shape index (κ1) is 13.7. The summed E-state index contributed by atoms with van der Waals surface area (Å²) < 4.78 is 0. The van der Waals surface area contributed by atoms with Crippen LogP contribution in [0.4, 0.5) is 0 Å². The Kier molecular flexibility index (Phi) is 5.10. The van der Waals surface area contributed by atoms with Gasteiger partial charge in [-0.15, -0.1) is 0 Å². The van der Waals surface area contributed by atoms with Crippen molar-refractivity contribution in [2.24, 2.45) is 11.0 Å². The van der Waals surface area contributed by atoms with Crippen molar-refractivity contribution in [2.75, 3.05) is 0 Å². The summed E-state index contributed by atoms with van der Waals surface area (Å²) in [7, 11) is 0. The van der Waals surface area contributed by atoms with Crippen LogP contribution in [0.2, 0.25) is 0 Å². The van der Waals surface area contributed by atoms with Crippen molar-refractivity contribution in [3.8, 4) is 0 Å². The first-order chi connectivity index (χ1) is 9.27. The van der Waals surface area contributed by atoms with Crippen LogP contribution in [0, 0.1) is 5.92 Å². The van der Waals surface area contributed by atoms with Gasteiger partial charge in [-0.05, 0) is 24.3 Å². The molecule has 1 aliphatic rings. The molecule has 1 atom stereocenters. The van der Waals surface area contributed by atoms with Crippen molar-refractivity contribution in [2.45, 2.75) is 38.2 Å². The Labute approximate surface area is 113 Å². The maximum Gasteiger partial charge on any atom is 0.273 e. The highest BCUT2D eigenvalue weighted by molar-refractivity contribution is 5.82. The summed E-state index contributed by atoms with van der Waals surface area (Å²) in [6.07, 6.45) is 6.68. The molecule has 0 aromatic heterocycles. The Morgan fingerprint density at radius 2 is 1.95 bits per heavy atom. The Hall–Kier alpha value is -1.68. The molecular weight excluding hydrogens is 240 g/mol. The first-order valence-electron chi connectivity index (χ1n) is 6.83. The molecule has 19 heavy (non-hydrogen) atoms. The van der Waals surface area contributed by atoms with Crippen molar-refractivity contribution < 1.29 is 9.90 Å². The second-order valence-electron chi connectivity index (χ2n) is 4.97. The van der Waals surface area contributed by atoms with Crippen LogP contribution in [0.15, 0.2) is 35.4 Å². The van der Waals surface area contributed by atoms with Gasteiger partial charge in [-0.3, -0.25) is 4.79 Å². The summed E-state index contributed by atoms with van der Waals surface area (Å²) in [5.41, 5.74) is 2.99. The molecule has 1 aromatic carbocycles. The van der Waals surface area contributed by atoms with E-state index in [1.165, 1.54) is 19.3 Å². The van der Waals surface area contributed by atoms with E-state index in [0.29, 0.717) is 11.5 Å². The third kappa shape index (κ3) is 4.17. The lowest BCUT2D eigenvalue weighted by atomic mass is 9.90. The van der Waals surface area contributed by atoms with Crippen LogP contribution in [-0.2, 0) is 4.79 Å². The number of nitrogens with one attached hydrogen (secondary N) is 1. The summed E-state index contributed by atoms with van der Waals surface area (Å²) in [6, 6.07) is 8.85. The van der Waals surface area contributed by atoms with E-state index in [9.17, 15) is 9.90 Å². The van der Waals surface area contributed by atoms with Crippen LogP contribution in [0.25, 0.3) is 0 Å². The number of nitrogens with zero attached hydrogens (tertiary/aromatic N) is 1. The fourth-order valence-electron chi connectivity index (χ4n) is 2.34. The third-order valence-electron chi connectivity index (χ3n) is 3.47. The SMILES string of the molecule is O=C(NN=CC1CCCCC1)C(O)c1ccccc1. The summed E-state index contributed by atoms with van der Waals surface area (Å²) in [6.45, 7) is 0. The highest BCUT2D eigenvalue weighted by Crippen LogP contribution is 2.21. The minimum atomic E-state index is -1.16. The molecule has 1 unspecified atom stereocenters. The van der Waals surface area contributed by atoms with E-state index in [1.54, 1.807) is 30.5 Å². The number of carbonyl (C=O) groups is 1. The molecule has 0 aliphatic heterocycles. The summed E-state index contributed by atoms with van der Waals surface area (Å²) >= 11 is 0. The predicted molar refractivity (Wildman–Crippen MR) is 74.6 cm³/mol. The zero-order valence-electron chi connectivity index (χ0n) is 11.0. The smallest absolute Gasteiger partial charge is 0.273 e. The first-order valence-corrected chi connectivity index (χ1v) is 6.83. The molecule has 1 aliphatic carbocycles. The molecule has 2 N–H and O–H groups in total. The molecule has 1 amide bonds. The monoisotopic (exact) mass is 260 g/mol. The number of benzene rings is 1. The lowest BCUT2D eigenvalue weighted by molar-refractivity contribution is -0.129. The van der Waals surface area contributed by atoms with Gasteiger partial charge in [0, 0.05) is 6.21 Å². The van der Waals surface area contributed by atoms with Gasteiger partial charge in [0.2, 0.25) is 0 Å². The summed E-state index contributed by atoms with van der Waals surface area (Å²) in [5.74, 6) is -0.0267. The number of carbonyl (C=O) groups excluding carboxylic acids is 1. The predicted octanol–water partition coefficient (Wildman–Crippen LogP) is 2.40. The number of hydrogen-bond acceptors (Lipinski definition) is 3. The van der Waals surface area contributed by atoms with Crippen molar-refractivity contribution in [1.29, 1.82) is 0 Å². The molecule has 1 fully saturated rings. The zero-order valence-corrected chi connectivity index (χ0v) is 11.0. The molecule has 0 heterocycles. The molecule has 4 heteroatoms. The topological polar surface area (TPSA) is 61.7 Å². The van der Waals surface area contributed by atoms with Crippen molar-refractivity contribution in [3.05, 3.63) is 35.9 Å². The fourth-order valence-corrected chi connectivity index (χ4v) is 2.34. The van der Waals surface area contributed by atoms with Crippen LogP contribution < -0.4 is 5.43 Å². The number of aliphatic hydroxyl groups is 1. The maximum atomic E-state index is 11.7. The Bertz CT molecular complexity index is 425. The summed E-state index contributed by atoms with van der Waals surface area (Å²) in [5, 5.41) is 13.8. The number of amides is 1. The summed E-state index contributed by atoms with van der Waals surface area (Å²) in [4.78, 5) is 11.7. The second-order valence-corrected chi connectivity index (χ2v) is 4.97. The van der Waals surface area contributed by atoms with E-state index in [1.807, 2.05) is 6.07 Å². The van der Waals surface area contributed by atoms with E-state index in [2.05, 4.69) is 10.5 Å². The molecule has 0 radical (unpaired) electrons. The van der Waals surface area contributed by atoms with E-state index in [0.717, 1.165) is 12.8 Å². The van der Waals surface area contributed by atoms with Gasteiger partial charge >= 0.3 is 0 Å². The standard InChI is InChI=1S/C15H20N2O2/c18-14(13-9-5-2-6-10-13)15(19)17-16-11-12-7-3-1-4-8-12/h2,5-6,9-12,14,18H,1,3-4,7-8H2,(H,17,19). The van der Waals surface area contributed by atoms with Crippen molar-refractivity contribution in [1.82, 2.24) is 5.43 Å². The van der Waals surface area contributed by atoms with Gasteiger partial charge < -0.3 is 5.11 Å². The molecule has 0 saturated heterocycles.